The van der Waals surface area contributed by atoms with Gasteiger partial charge in [-0.15, -0.1) is 0 Å². The third-order valence-corrected chi connectivity index (χ3v) is 13.6. The second-order valence-electron chi connectivity index (χ2n) is 13.3. The molecule has 1 radical (unpaired) electrons. The first-order chi connectivity index (χ1) is 21.4. The first-order valence-corrected chi connectivity index (χ1v) is 18.0. The molecule has 1 aromatic carbocycles. The lowest BCUT2D eigenvalue weighted by atomic mass is 9.85. The number of methoxy groups -OCH3 is 1. The van der Waals surface area contributed by atoms with Gasteiger partial charge in [0.2, 0.25) is 5.95 Å². The first kappa shape index (κ1) is 32.4. The highest BCUT2D eigenvalue weighted by atomic mass is 28.4. The summed E-state index contributed by atoms with van der Waals surface area (Å²) in [6, 6.07) is 9.88. The number of hydrogen-bond donors (Lipinski definition) is 1. The zero-order chi connectivity index (χ0) is 32.4. The van der Waals surface area contributed by atoms with Gasteiger partial charge in [-0.25, -0.2) is 15.0 Å². The van der Waals surface area contributed by atoms with Crippen molar-refractivity contribution in [1.82, 2.24) is 15.0 Å². The number of nitriles is 1. The number of aromatic nitrogens is 3. The summed E-state index contributed by atoms with van der Waals surface area (Å²) in [5, 5.41) is 13.3. The minimum absolute atomic E-state index is 0.0728. The summed E-state index contributed by atoms with van der Waals surface area (Å²) in [6.07, 6.45) is 4.24. The predicted octanol–water partition coefficient (Wildman–Crippen LogP) is 4.91. The molecule has 1 saturated heterocycles. The lowest BCUT2D eigenvalue weighted by molar-refractivity contribution is 0.122. The van der Waals surface area contributed by atoms with Gasteiger partial charge in [-0.1, -0.05) is 27.7 Å². The van der Waals surface area contributed by atoms with E-state index in [1.165, 1.54) is 7.41 Å². The molecule has 45 heavy (non-hydrogen) atoms. The third-order valence-electron chi connectivity index (χ3n) is 9.09. The molecule has 235 valence electrons. The van der Waals surface area contributed by atoms with Crippen LogP contribution < -0.4 is 19.8 Å². The van der Waals surface area contributed by atoms with Gasteiger partial charge in [-0.3, -0.25) is 0 Å². The van der Waals surface area contributed by atoms with E-state index in [-0.39, 0.29) is 10.5 Å². The normalized spacial score (nSPS) is 18.3. The molecule has 2 aliphatic rings. The van der Waals surface area contributed by atoms with E-state index in [9.17, 15) is 10.1 Å². The SMILES string of the molecule is COc1cc(N2CCOCC2)c(C#N)cc1Nc1nccc(-c2cnc3c(c2)C(C)(CO[Si](C)(C)C(C)(C)C)CN3[B]C=O)n1. The van der Waals surface area contributed by atoms with E-state index in [2.05, 4.69) is 68.1 Å². The van der Waals surface area contributed by atoms with Crippen LogP contribution in [0.25, 0.3) is 11.3 Å². The Balaban J connectivity index is 1.45. The quantitative estimate of drug-likeness (QED) is 0.244. The lowest BCUT2D eigenvalue weighted by Gasteiger charge is -2.39. The molecule has 1 N–H and O–H groups in total. The van der Waals surface area contributed by atoms with Crippen molar-refractivity contribution in [2.24, 2.45) is 0 Å². The molecule has 0 bridgehead atoms. The Morgan fingerprint density at radius 1 is 1.22 bits per heavy atom. The fourth-order valence-corrected chi connectivity index (χ4v) is 6.49. The van der Waals surface area contributed by atoms with Crippen molar-refractivity contribution in [1.29, 1.82) is 5.26 Å². The number of anilines is 4. The fourth-order valence-electron chi connectivity index (χ4n) is 5.37. The van der Waals surface area contributed by atoms with Gasteiger partial charge in [0.25, 0.3) is 0 Å². The van der Waals surface area contributed by atoms with Gasteiger partial charge in [-0.05, 0) is 36.3 Å². The molecule has 3 aromatic rings. The van der Waals surface area contributed by atoms with Crippen LogP contribution in [-0.4, -0.2) is 83.4 Å². The summed E-state index contributed by atoms with van der Waals surface area (Å²) >= 11 is 0. The van der Waals surface area contributed by atoms with Gasteiger partial charge in [0.05, 0.1) is 43.0 Å². The molecule has 2 aromatic heterocycles. The molecular weight excluding hydrogens is 585 g/mol. The number of benzene rings is 1. The van der Waals surface area contributed by atoms with Gasteiger partial charge in [0.15, 0.2) is 8.32 Å². The molecular formula is C32H41BN7O4Si. The summed E-state index contributed by atoms with van der Waals surface area (Å²) in [7, 11) is 1.11. The maximum atomic E-state index is 11.5. The summed E-state index contributed by atoms with van der Waals surface area (Å²) in [5.41, 5.74) is 4.04. The molecule has 0 spiro atoms. The van der Waals surface area contributed by atoms with Gasteiger partial charge >= 0.3 is 7.41 Å². The highest BCUT2D eigenvalue weighted by Gasteiger charge is 2.44. The van der Waals surface area contributed by atoms with E-state index >= 15 is 0 Å². The predicted molar refractivity (Wildman–Crippen MR) is 180 cm³/mol. The highest BCUT2D eigenvalue weighted by molar-refractivity contribution is 6.74. The molecule has 2 aliphatic heterocycles. The Labute approximate surface area is 267 Å². The lowest BCUT2D eigenvalue weighted by Crippen LogP contribution is -2.46. The van der Waals surface area contributed by atoms with Crippen LogP contribution in [0.3, 0.4) is 0 Å². The minimum atomic E-state index is -2.02. The average molecular weight is 627 g/mol. The standard InChI is InChI=1S/C32H41BN7O4Si/c1-31(2,3)45(6,7)44-20-32(4)19-40(33-21-41)29-24(32)14-23(18-36-29)25-8-9-35-30(37-25)38-26-15-22(17-34)27(16-28(26)42-5)39-10-12-43-13-11-39/h8-9,14-16,18,21H,10-13,19-20H2,1-7H3,(H,35,37,38). The van der Waals surface area contributed by atoms with Crippen molar-refractivity contribution < 1.29 is 18.7 Å². The molecule has 1 fully saturated rings. The van der Waals surface area contributed by atoms with Crippen LogP contribution in [0.1, 0.15) is 38.8 Å². The van der Waals surface area contributed by atoms with Crippen LogP contribution >= 0.6 is 0 Å². The van der Waals surface area contributed by atoms with Crippen molar-refractivity contribution in [3.8, 4) is 23.1 Å². The van der Waals surface area contributed by atoms with Crippen LogP contribution in [0.4, 0.5) is 23.1 Å². The zero-order valence-electron chi connectivity index (χ0n) is 27.2. The van der Waals surface area contributed by atoms with Crippen molar-refractivity contribution in [3.63, 3.8) is 0 Å². The zero-order valence-corrected chi connectivity index (χ0v) is 28.2. The molecule has 1 unspecified atom stereocenters. The Hall–Kier alpha value is -3.99. The molecule has 1 atom stereocenters. The van der Waals surface area contributed by atoms with Gasteiger partial charge in [-0.2, -0.15) is 5.26 Å². The van der Waals surface area contributed by atoms with E-state index in [4.69, 9.17) is 23.9 Å². The van der Waals surface area contributed by atoms with Crippen LogP contribution in [0.5, 0.6) is 5.75 Å². The number of ether oxygens (including phenoxy) is 2. The maximum Gasteiger partial charge on any atom is 0.330 e. The molecule has 0 amide bonds. The van der Waals surface area contributed by atoms with E-state index < -0.39 is 8.32 Å². The largest absolute Gasteiger partial charge is 0.494 e. The number of nitrogens with zero attached hydrogens (tertiary/aromatic N) is 6. The number of morpholine rings is 1. The van der Waals surface area contributed by atoms with E-state index in [1.54, 1.807) is 25.6 Å². The number of carbonyl (C=O) groups excluding carboxylic acids is 1. The van der Waals surface area contributed by atoms with Crippen molar-refractivity contribution in [2.45, 2.75) is 51.2 Å². The highest BCUT2D eigenvalue weighted by Crippen LogP contribution is 2.44. The summed E-state index contributed by atoms with van der Waals surface area (Å²) in [6.45, 7) is 17.1. The first-order valence-electron chi connectivity index (χ1n) is 15.1. The monoisotopic (exact) mass is 626 g/mol. The molecule has 13 heteroatoms. The summed E-state index contributed by atoms with van der Waals surface area (Å²) < 4.78 is 17.9. The number of fused-ring (bicyclic) bond motifs is 1. The third kappa shape index (κ3) is 6.68. The number of pyridine rings is 1. The van der Waals surface area contributed by atoms with Crippen molar-refractivity contribution in [2.75, 3.05) is 61.6 Å². The van der Waals surface area contributed by atoms with Crippen LogP contribution in [0.15, 0.2) is 36.7 Å². The number of carbonyl (C=O) groups is 1. The molecule has 4 heterocycles. The van der Waals surface area contributed by atoms with Crippen LogP contribution in [-0.2, 0) is 19.4 Å². The van der Waals surface area contributed by atoms with Crippen LogP contribution in [0.2, 0.25) is 18.1 Å². The number of rotatable bonds is 10. The summed E-state index contributed by atoms with van der Waals surface area (Å²) in [4.78, 5) is 29.5. The Bertz CT molecular complexity index is 1600. The molecule has 5 rings (SSSR count). The van der Waals surface area contributed by atoms with E-state index in [0.29, 0.717) is 68.1 Å². The topological polar surface area (TPSA) is 126 Å². The van der Waals surface area contributed by atoms with E-state index in [1.807, 2.05) is 16.9 Å². The second kappa shape index (κ2) is 12.8. The van der Waals surface area contributed by atoms with Gasteiger partial charge < -0.3 is 33.7 Å². The smallest absolute Gasteiger partial charge is 0.330 e. The Morgan fingerprint density at radius 3 is 2.64 bits per heavy atom. The minimum Gasteiger partial charge on any atom is -0.494 e. The summed E-state index contributed by atoms with van der Waals surface area (Å²) in [5.74, 6) is 1.68. The Morgan fingerprint density at radius 2 is 1.98 bits per heavy atom. The molecule has 0 aliphatic carbocycles. The number of nitrogens with one attached hydrogen (secondary N) is 1. The van der Waals surface area contributed by atoms with Crippen molar-refractivity contribution in [3.05, 3.63) is 47.8 Å². The maximum absolute atomic E-state index is 11.5. The van der Waals surface area contributed by atoms with Gasteiger partial charge in [0.1, 0.15) is 23.8 Å². The van der Waals surface area contributed by atoms with Crippen LogP contribution in [0, 0.1) is 11.3 Å². The molecule has 0 saturated carbocycles. The van der Waals surface area contributed by atoms with E-state index in [0.717, 1.165) is 28.8 Å². The average Bonchev–Trinajstić information content (AvgIpc) is 3.31. The molecule has 11 nitrogen and oxygen atoms in total. The number of hydrogen-bond acceptors (Lipinski definition) is 11. The van der Waals surface area contributed by atoms with Crippen molar-refractivity contribution >= 4 is 45.1 Å². The Kier molecular flexibility index (Phi) is 9.21. The van der Waals surface area contributed by atoms with Gasteiger partial charge in [0, 0.05) is 61.2 Å². The second-order valence-corrected chi connectivity index (χ2v) is 18.1. The fraction of sp³-hybridized carbons (Fsp3) is 0.469.